The van der Waals surface area contributed by atoms with Gasteiger partial charge in [0.2, 0.25) is 0 Å². The first-order valence-electron chi connectivity index (χ1n) is 11.5. The summed E-state index contributed by atoms with van der Waals surface area (Å²) < 4.78 is 29.5. The van der Waals surface area contributed by atoms with Gasteiger partial charge in [0, 0.05) is 10.4 Å². The molecule has 8 heteroatoms. The van der Waals surface area contributed by atoms with Crippen LogP contribution in [0.2, 0.25) is 5.02 Å². The molecule has 0 spiro atoms. The Kier molecular flexibility index (Phi) is 8.72. The van der Waals surface area contributed by atoms with Crippen LogP contribution in [0.3, 0.4) is 0 Å². The van der Waals surface area contributed by atoms with Crippen LogP contribution in [0.5, 0.6) is 11.5 Å². The van der Waals surface area contributed by atoms with Crippen LogP contribution in [0, 0.1) is 0 Å². The third kappa shape index (κ3) is 6.84. The molecule has 0 fully saturated rings. The molecule has 6 nitrogen and oxygen atoms in total. The number of nitrogens with zero attached hydrogens (tertiary/aromatic N) is 1. The van der Waals surface area contributed by atoms with E-state index in [1.165, 1.54) is 19.2 Å². The van der Waals surface area contributed by atoms with Gasteiger partial charge in [0.05, 0.1) is 24.9 Å². The molecule has 0 aliphatic heterocycles. The van der Waals surface area contributed by atoms with Gasteiger partial charge in [-0.15, -0.1) is 0 Å². The van der Waals surface area contributed by atoms with E-state index in [9.17, 15) is 14.3 Å². The minimum absolute atomic E-state index is 0.00718. The number of hydrogen-bond acceptors (Lipinski definition) is 5. The number of ether oxygens (including phenoxy) is 3. The molecule has 0 aliphatic carbocycles. The Morgan fingerprint density at radius 3 is 2.70 bits per heavy atom. The number of methoxy groups -OCH3 is 1. The first kappa shape index (κ1) is 26.1. The maximum Gasteiger partial charge on any atom is 0.339 e. The van der Waals surface area contributed by atoms with Crippen LogP contribution in [0.15, 0.2) is 72.8 Å². The molecule has 1 atom stereocenters. The number of aromatic carboxylic acids is 1. The zero-order valence-electron chi connectivity index (χ0n) is 20.1. The van der Waals surface area contributed by atoms with Gasteiger partial charge in [-0.3, -0.25) is 0 Å². The second-order valence-electron chi connectivity index (χ2n) is 8.10. The number of carboxylic acids is 1. The van der Waals surface area contributed by atoms with E-state index in [1.807, 2.05) is 66.7 Å². The van der Waals surface area contributed by atoms with Crippen molar-refractivity contribution >= 4 is 40.6 Å². The summed E-state index contributed by atoms with van der Waals surface area (Å²) in [6.07, 6.45) is 3.19. The van der Waals surface area contributed by atoms with Crippen LogP contribution < -0.4 is 9.47 Å². The number of carbonyl (C=O) groups is 1. The van der Waals surface area contributed by atoms with Crippen molar-refractivity contribution in [2.75, 3.05) is 27.0 Å². The van der Waals surface area contributed by atoms with Crippen LogP contribution in [-0.2, 0) is 4.74 Å². The lowest BCUT2D eigenvalue weighted by Gasteiger charge is -2.20. The highest BCUT2D eigenvalue weighted by Crippen LogP contribution is 2.27. The molecule has 1 N–H and O–H groups in total. The van der Waals surface area contributed by atoms with Gasteiger partial charge in [-0.05, 0) is 59.7 Å². The van der Waals surface area contributed by atoms with Crippen molar-refractivity contribution in [2.45, 2.75) is 6.10 Å². The lowest BCUT2D eigenvalue weighted by molar-refractivity contribution is 0.0122. The molecule has 3 aromatic carbocycles. The van der Waals surface area contributed by atoms with Crippen LogP contribution >= 0.6 is 11.6 Å². The second-order valence-corrected chi connectivity index (χ2v) is 8.54. The highest BCUT2D eigenvalue weighted by Gasteiger charge is 2.18. The quantitative estimate of drug-likeness (QED) is 0.232. The van der Waals surface area contributed by atoms with Crippen LogP contribution in [0.4, 0.5) is 4.39 Å². The average molecular weight is 522 g/mol. The summed E-state index contributed by atoms with van der Waals surface area (Å²) in [5, 5.41) is 11.2. The molecule has 0 amide bonds. The first-order chi connectivity index (χ1) is 18.0. The van der Waals surface area contributed by atoms with Gasteiger partial charge >= 0.3 is 5.97 Å². The van der Waals surface area contributed by atoms with Crippen LogP contribution in [0.1, 0.15) is 33.3 Å². The Hall–Kier alpha value is -3.94. The fourth-order valence-electron chi connectivity index (χ4n) is 3.77. The lowest BCUT2D eigenvalue weighted by atomic mass is 10.1. The summed E-state index contributed by atoms with van der Waals surface area (Å²) >= 11 is 6.09. The Bertz CT molecular complexity index is 1420. The second kappa shape index (κ2) is 12.3. The molecule has 0 radical (unpaired) electrons. The number of fused-ring (bicyclic) bond motifs is 1. The molecule has 1 aromatic heterocycles. The maximum atomic E-state index is 12.9. The number of aromatic nitrogens is 1. The van der Waals surface area contributed by atoms with Gasteiger partial charge in [0.1, 0.15) is 36.4 Å². The van der Waals surface area contributed by atoms with Gasteiger partial charge in [-0.2, -0.15) is 0 Å². The number of halogens is 2. The molecule has 0 saturated carbocycles. The minimum Gasteiger partial charge on any atom is -0.497 e. The predicted octanol–water partition coefficient (Wildman–Crippen LogP) is 6.87. The summed E-state index contributed by atoms with van der Waals surface area (Å²) in [4.78, 5) is 16.3. The van der Waals surface area contributed by atoms with Gasteiger partial charge in [0.15, 0.2) is 0 Å². The first-order valence-corrected chi connectivity index (χ1v) is 11.9. The highest BCUT2D eigenvalue weighted by molar-refractivity contribution is 6.31. The normalized spacial score (nSPS) is 12.1. The zero-order valence-corrected chi connectivity index (χ0v) is 20.8. The Balaban J connectivity index is 1.53. The molecular weight excluding hydrogens is 497 g/mol. The van der Waals surface area contributed by atoms with E-state index < -0.39 is 18.7 Å². The third-order valence-electron chi connectivity index (χ3n) is 5.61. The summed E-state index contributed by atoms with van der Waals surface area (Å²) in [5.74, 6) is -0.578. The highest BCUT2D eigenvalue weighted by atomic mass is 35.5. The van der Waals surface area contributed by atoms with Crippen molar-refractivity contribution in [1.29, 1.82) is 0 Å². The van der Waals surface area contributed by atoms with Gasteiger partial charge in [-0.25, -0.2) is 14.2 Å². The molecule has 0 saturated heterocycles. The topological polar surface area (TPSA) is 77.9 Å². The van der Waals surface area contributed by atoms with E-state index in [2.05, 4.69) is 4.98 Å². The van der Waals surface area contributed by atoms with E-state index in [0.717, 1.165) is 27.7 Å². The van der Waals surface area contributed by atoms with Crippen molar-refractivity contribution in [3.8, 4) is 11.5 Å². The van der Waals surface area contributed by atoms with Crippen LogP contribution in [0.25, 0.3) is 23.1 Å². The fraction of sp³-hybridized carbons (Fsp3) is 0.172. The number of carboxylic acid groups (broad SMARTS) is 1. The molecule has 0 unspecified atom stereocenters. The number of pyridine rings is 1. The molecule has 37 heavy (non-hydrogen) atoms. The Labute approximate surface area is 218 Å². The number of alkyl halides is 1. The monoisotopic (exact) mass is 521 g/mol. The fourth-order valence-corrected chi connectivity index (χ4v) is 3.93. The maximum absolute atomic E-state index is 12.9. The molecular formula is C29H25ClFNO5. The minimum atomic E-state index is -1.15. The third-order valence-corrected chi connectivity index (χ3v) is 5.84. The summed E-state index contributed by atoms with van der Waals surface area (Å²) in [5.41, 5.74) is 3.19. The molecule has 1 heterocycles. The standard InChI is InChI=1S/C29H25ClFNO5/c1-35-24-11-12-27(25(17-24)29(33)34)37-18-28(36-14-13-31)21-4-2-3-19(15-21)5-9-23-10-7-20-6-8-22(30)16-26(20)32-23/h2-12,15-17,28H,13-14,18H2,1H3,(H,33,34)/b9-5+/t28-/m0/s1. The molecule has 0 bridgehead atoms. The Morgan fingerprint density at radius 2 is 1.92 bits per heavy atom. The van der Waals surface area contributed by atoms with Gasteiger partial charge in [0.25, 0.3) is 0 Å². The molecule has 4 rings (SSSR count). The predicted molar refractivity (Wildman–Crippen MR) is 142 cm³/mol. The van der Waals surface area contributed by atoms with Crippen molar-refractivity contribution < 1.29 is 28.5 Å². The van der Waals surface area contributed by atoms with Crippen molar-refractivity contribution in [3.05, 3.63) is 100 Å². The van der Waals surface area contributed by atoms with E-state index in [0.29, 0.717) is 10.8 Å². The summed E-state index contributed by atoms with van der Waals surface area (Å²) in [7, 11) is 1.45. The zero-order chi connectivity index (χ0) is 26.2. The SMILES string of the molecule is COc1ccc(OC[C@H](OCCF)c2cccc(/C=C/c3ccc4ccc(Cl)cc4n3)c2)c(C(=O)O)c1. The van der Waals surface area contributed by atoms with Crippen molar-refractivity contribution in [1.82, 2.24) is 4.98 Å². The van der Waals surface area contributed by atoms with E-state index in [4.69, 9.17) is 25.8 Å². The summed E-state index contributed by atoms with van der Waals surface area (Å²) in [6.45, 7) is -0.782. The van der Waals surface area contributed by atoms with Crippen molar-refractivity contribution in [3.63, 3.8) is 0 Å². The van der Waals surface area contributed by atoms with E-state index in [-0.39, 0.29) is 24.5 Å². The van der Waals surface area contributed by atoms with Gasteiger partial charge < -0.3 is 19.3 Å². The van der Waals surface area contributed by atoms with Gasteiger partial charge in [-0.1, -0.05) is 48.0 Å². The number of rotatable bonds is 11. The molecule has 4 aromatic rings. The van der Waals surface area contributed by atoms with Crippen molar-refractivity contribution in [2.24, 2.45) is 0 Å². The molecule has 190 valence electrons. The van der Waals surface area contributed by atoms with E-state index >= 15 is 0 Å². The lowest BCUT2D eigenvalue weighted by Crippen LogP contribution is -2.16. The number of hydrogen-bond donors (Lipinski definition) is 1. The van der Waals surface area contributed by atoms with E-state index in [1.54, 1.807) is 6.07 Å². The largest absolute Gasteiger partial charge is 0.497 e. The number of benzene rings is 3. The molecule has 0 aliphatic rings. The summed E-state index contributed by atoms with van der Waals surface area (Å²) in [6, 6.07) is 21.6. The Morgan fingerprint density at radius 1 is 1.08 bits per heavy atom. The average Bonchev–Trinajstić information content (AvgIpc) is 2.91. The van der Waals surface area contributed by atoms with Crippen LogP contribution in [-0.4, -0.2) is 43.1 Å². The smallest absolute Gasteiger partial charge is 0.339 e.